The molecule has 0 saturated heterocycles. The zero-order chi connectivity index (χ0) is 14.0. The van der Waals surface area contributed by atoms with Crippen LogP contribution in [0, 0.1) is 0 Å². The molecule has 0 atom stereocenters. The average molecular weight is 318 g/mol. The van der Waals surface area contributed by atoms with Crippen molar-refractivity contribution >= 4 is 33.3 Å². The van der Waals surface area contributed by atoms with Crippen LogP contribution in [-0.4, -0.2) is 17.4 Å². The van der Waals surface area contributed by atoms with E-state index in [9.17, 15) is 9.59 Å². The predicted molar refractivity (Wildman–Crippen MR) is 78.4 cm³/mol. The third kappa shape index (κ3) is 3.15. The first-order valence-electron chi connectivity index (χ1n) is 5.77. The number of hydrogen-bond acceptors (Lipinski definition) is 2. The van der Waals surface area contributed by atoms with Gasteiger partial charge in [-0.2, -0.15) is 0 Å². The van der Waals surface area contributed by atoms with Crippen molar-refractivity contribution in [2.24, 2.45) is 4.99 Å². The van der Waals surface area contributed by atoms with Crippen LogP contribution in [0.3, 0.4) is 0 Å². The molecule has 0 radical (unpaired) electrons. The highest BCUT2D eigenvalue weighted by atomic mass is 79.9. The van der Waals surface area contributed by atoms with Crippen molar-refractivity contribution in [2.45, 2.75) is 13.8 Å². The van der Waals surface area contributed by atoms with Crippen LogP contribution in [0.1, 0.15) is 24.2 Å². The van der Waals surface area contributed by atoms with Gasteiger partial charge in [-0.1, -0.05) is 15.9 Å². The van der Waals surface area contributed by atoms with Crippen LogP contribution in [0.25, 0.3) is 0 Å². The summed E-state index contributed by atoms with van der Waals surface area (Å²) in [5, 5.41) is 0. The molecule has 3 nitrogen and oxygen atoms in total. The van der Waals surface area contributed by atoms with Crippen molar-refractivity contribution in [3.63, 3.8) is 0 Å². The van der Waals surface area contributed by atoms with Crippen molar-refractivity contribution in [2.75, 3.05) is 0 Å². The van der Waals surface area contributed by atoms with E-state index >= 15 is 0 Å². The zero-order valence-corrected chi connectivity index (χ0v) is 12.2. The molecule has 4 heteroatoms. The second-order valence-corrected chi connectivity index (χ2v) is 5.25. The number of carbonyl (C=O) groups excluding carboxylic acids is 2. The van der Waals surface area contributed by atoms with Gasteiger partial charge < -0.3 is 0 Å². The van der Waals surface area contributed by atoms with Gasteiger partial charge in [0.2, 0.25) is 0 Å². The van der Waals surface area contributed by atoms with Gasteiger partial charge in [-0.25, -0.2) is 4.99 Å². The van der Waals surface area contributed by atoms with E-state index in [1.165, 1.54) is 12.2 Å². The number of ketones is 1. The molecule has 96 valence electrons. The molecule has 0 fully saturated rings. The maximum absolute atomic E-state index is 12.1. The number of nitrogens with zero attached hydrogens (tertiary/aromatic N) is 1. The van der Waals surface area contributed by atoms with Crippen LogP contribution in [0.15, 0.2) is 57.0 Å². The molecule has 0 aliphatic heterocycles. The number of rotatable bonds is 1. The first-order chi connectivity index (χ1) is 8.97. The maximum Gasteiger partial charge on any atom is 0.277 e. The lowest BCUT2D eigenvalue weighted by molar-refractivity contribution is -0.110. The first-order valence-corrected chi connectivity index (χ1v) is 6.56. The Hall–Kier alpha value is -1.81. The Labute approximate surface area is 119 Å². The molecule has 1 aliphatic rings. The Morgan fingerprint density at radius 3 is 2.11 bits per heavy atom. The summed E-state index contributed by atoms with van der Waals surface area (Å²) in [6.45, 7) is 3.56. The Morgan fingerprint density at radius 2 is 1.58 bits per heavy atom. The fraction of sp³-hybridized carbons (Fsp3) is 0.133. The van der Waals surface area contributed by atoms with Crippen molar-refractivity contribution in [3.8, 4) is 0 Å². The van der Waals surface area contributed by atoms with Gasteiger partial charge in [0.25, 0.3) is 5.91 Å². The molecular formula is C15H12BrNO2. The van der Waals surface area contributed by atoms with Gasteiger partial charge >= 0.3 is 0 Å². The Morgan fingerprint density at radius 1 is 1.05 bits per heavy atom. The highest BCUT2D eigenvalue weighted by Gasteiger charge is 2.15. The van der Waals surface area contributed by atoms with E-state index < -0.39 is 0 Å². The molecule has 19 heavy (non-hydrogen) atoms. The van der Waals surface area contributed by atoms with E-state index in [-0.39, 0.29) is 11.7 Å². The molecule has 0 bridgehead atoms. The Kier molecular flexibility index (Phi) is 3.90. The topological polar surface area (TPSA) is 46.5 Å². The normalized spacial score (nSPS) is 14.9. The lowest BCUT2D eigenvalue weighted by atomic mass is 9.97. The molecule has 0 heterocycles. The molecule has 0 saturated carbocycles. The summed E-state index contributed by atoms with van der Waals surface area (Å²) in [5.74, 6) is -0.373. The standard InChI is InChI=1S/C15H12BrNO2/c1-9-7-13(18)8-10(2)14(9)17-15(19)11-3-5-12(16)6-4-11/h3-8H,1-2H3. The second-order valence-electron chi connectivity index (χ2n) is 4.33. The smallest absolute Gasteiger partial charge is 0.277 e. The number of aliphatic imine (C=N–C) groups is 1. The number of allylic oxidation sites excluding steroid dienone is 4. The summed E-state index contributed by atoms with van der Waals surface area (Å²) < 4.78 is 0.909. The van der Waals surface area contributed by atoms with Crippen molar-refractivity contribution in [1.29, 1.82) is 0 Å². The lowest BCUT2D eigenvalue weighted by Gasteiger charge is -2.10. The summed E-state index contributed by atoms with van der Waals surface area (Å²) in [6.07, 6.45) is 2.97. The average Bonchev–Trinajstić information content (AvgIpc) is 2.34. The summed E-state index contributed by atoms with van der Waals surface area (Å²) in [4.78, 5) is 27.5. The van der Waals surface area contributed by atoms with Crippen LogP contribution in [0.5, 0.6) is 0 Å². The summed E-state index contributed by atoms with van der Waals surface area (Å²) >= 11 is 3.32. The minimum atomic E-state index is -0.308. The van der Waals surface area contributed by atoms with Gasteiger partial charge in [-0.15, -0.1) is 0 Å². The maximum atomic E-state index is 12.1. The number of amides is 1. The first kappa shape index (κ1) is 13.6. The Bertz CT molecular complexity index is 613. The van der Waals surface area contributed by atoms with Crippen molar-refractivity contribution < 1.29 is 9.59 Å². The summed E-state index contributed by atoms with van der Waals surface area (Å²) in [6, 6.07) is 7.01. The fourth-order valence-electron chi connectivity index (χ4n) is 1.85. The number of hydrogen-bond donors (Lipinski definition) is 0. The van der Waals surface area contributed by atoms with E-state index in [0.29, 0.717) is 11.3 Å². The molecule has 0 aromatic heterocycles. The highest BCUT2D eigenvalue weighted by molar-refractivity contribution is 9.10. The predicted octanol–water partition coefficient (Wildman–Crippen LogP) is 3.51. The van der Waals surface area contributed by atoms with E-state index in [2.05, 4.69) is 20.9 Å². The van der Waals surface area contributed by atoms with E-state index in [1.807, 2.05) is 0 Å². The lowest BCUT2D eigenvalue weighted by Crippen LogP contribution is -2.13. The molecule has 0 unspecified atom stereocenters. The molecule has 1 aliphatic carbocycles. The number of benzene rings is 1. The van der Waals surface area contributed by atoms with Crippen LogP contribution < -0.4 is 0 Å². The Balaban J connectivity index is 2.33. The van der Waals surface area contributed by atoms with Crippen LogP contribution >= 0.6 is 15.9 Å². The molecule has 1 amide bonds. The molecular weight excluding hydrogens is 306 g/mol. The molecule has 1 aromatic carbocycles. The van der Waals surface area contributed by atoms with Gasteiger partial charge in [0, 0.05) is 10.0 Å². The van der Waals surface area contributed by atoms with Crippen LogP contribution in [0.2, 0.25) is 0 Å². The minimum Gasteiger partial charge on any atom is -0.290 e. The highest BCUT2D eigenvalue weighted by Crippen LogP contribution is 2.16. The van der Waals surface area contributed by atoms with Crippen LogP contribution in [-0.2, 0) is 4.79 Å². The fourth-order valence-corrected chi connectivity index (χ4v) is 2.12. The van der Waals surface area contributed by atoms with Crippen LogP contribution in [0.4, 0.5) is 0 Å². The largest absolute Gasteiger partial charge is 0.290 e. The molecule has 0 spiro atoms. The second kappa shape index (κ2) is 5.45. The van der Waals surface area contributed by atoms with E-state index in [0.717, 1.165) is 15.6 Å². The van der Waals surface area contributed by atoms with Gasteiger partial charge in [0.1, 0.15) is 0 Å². The molecule has 2 rings (SSSR count). The van der Waals surface area contributed by atoms with Crippen molar-refractivity contribution in [1.82, 2.24) is 0 Å². The van der Waals surface area contributed by atoms with Gasteiger partial charge in [0.05, 0.1) is 5.71 Å². The van der Waals surface area contributed by atoms with Gasteiger partial charge in [-0.05, 0) is 61.4 Å². The SMILES string of the molecule is CC1=CC(=O)C=C(C)C1=NC(=O)c1ccc(Br)cc1. The quantitative estimate of drug-likeness (QED) is 0.744. The summed E-state index contributed by atoms with van der Waals surface area (Å²) in [5.41, 5.74) is 2.53. The van der Waals surface area contributed by atoms with Gasteiger partial charge in [-0.3, -0.25) is 9.59 Å². The minimum absolute atomic E-state index is 0.0648. The number of carbonyl (C=O) groups is 2. The molecule has 1 aromatic rings. The zero-order valence-electron chi connectivity index (χ0n) is 10.6. The van der Waals surface area contributed by atoms with Gasteiger partial charge in [0.15, 0.2) is 5.78 Å². The molecule has 0 N–H and O–H groups in total. The van der Waals surface area contributed by atoms with E-state index in [1.54, 1.807) is 38.1 Å². The third-order valence-corrected chi connectivity index (χ3v) is 3.30. The summed E-state index contributed by atoms with van der Waals surface area (Å²) in [7, 11) is 0. The third-order valence-electron chi connectivity index (χ3n) is 2.77. The van der Waals surface area contributed by atoms with Crippen molar-refractivity contribution in [3.05, 3.63) is 57.6 Å². The number of halogens is 1. The van der Waals surface area contributed by atoms with E-state index in [4.69, 9.17) is 0 Å². The monoisotopic (exact) mass is 317 g/mol.